The van der Waals surface area contributed by atoms with Crippen molar-refractivity contribution in [2.24, 2.45) is 0 Å². The van der Waals surface area contributed by atoms with Crippen molar-refractivity contribution in [1.29, 1.82) is 0 Å². The van der Waals surface area contributed by atoms with E-state index in [4.69, 9.17) is 76.6 Å². The van der Waals surface area contributed by atoms with Gasteiger partial charge >= 0.3 is 72.4 Å². The van der Waals surface area contributed by atoms with Crippen LogP contribution in [0.25, 0.3) is 0 Å². The minimum atomic E-state index is -1.75. The Kier molecular flexibility index (Phi) is 71.0. The van der Waals surface area contributed by atoms with Gasteiger partial charge in [-0.3, -0.25) is 0 Å². The molecule has 0 spiro atoms. The summed E-state index contributed by atoms with van der Waals surface area (Å²) in [4.78, 5) is 41.2. The fourth-order valence-corrected chi connectivity index (χ4v) is 0. The molecule has 0 amide bonds. The zero-order valence-corrected chi connectivity index (χ0v) is 13.3. The van der Waals surface area contributed by atoms with E-state index < -0.39 is 25.4 Å². The first-order valence-electron chi connectivity index (χ1n) is 2.74. The van der Waals surface area contributed by atoms with Crippen molar-refractivity contribution in [2.75, 3.05) is 0 Å². The van der Waals surface area contributed by atoms with E-state index in [1.165, 1.54) is 0 Å². The summed E-state index contributed by atoms with van der Waals surface area (Å²) in [6.07, 6.45) is 0. The molecule has 22 heavy (non-hydrogen) atoms. The van der Waals surface area contributed by atoms with Crippen molar-refractivity contribution in [2.45, 2.75) is 0 Å². The third-order valence-corrected chi connectivity index (χ3v) is 0. The van der Waals surface area contributed by atoms with Crippen LogP contribution in [0.5, 0.6) is 0 Å². The third kappa shape index (κ3) is 2030. The van der Waals surface area contributed by atoms with E-state index in [1.807, 2.05) is 0 Å². The molecule has 0 atom stereocenters. The smallest absolute Gasteiger partial charge is 0.356 e. The van der Waals surface area contributed by atoms with Gasteiger partial charge in [-0.05, 0) is 0 Å². The van der Waals surface area contributed by atoms with Gasteiger partial charge in [0, 0.05) is 0 Å². The van der Waals surface area contributed by atoms with Crippen LogP contribution in [0.2, 0.25) is 0 Å². The normalized spacial score (nSPS) is 5.45. The van der Waals surface area contributed by atoms with Crippen LogP contribution in [-0.4, -0.2) is 48.5 Å². The number of nitrogens with zero attached hydrogens (tertiary/aromatic N) is 5. The minimum Gasteiger partial charge on any atom is -0.356 e. The monoisotopic (exact) mass is 487 g/mol. The maximum absolute atomic E-state index is 8.25. The SMILES string of the molecule is O=[N+]([O-])[O-].O=[N+]([O-])[O-].O=[N+]([O-])[O-].O=[N+]([O-])[O-].O=[N+]([O-])[O-].[Eu+3].[Mg+2]. The van der Waals surface area contributed by atoms with Crippen molar-refractivity contribution in [3.8, 4) is 0 Å². The maximum atomic E-state index is 8.25. The molecule has 0 rings (SSSR count). The Hall–Kier alpha value is -1.65. The van der Waals surface area contributed by atoms with Gasteiger partial charge in [0.25, 0.3) is 0 Å². The Morgan fingerprint density at radius 2 is 0.364 bits per heavy atom. The number of rotatable bonds is 0. The summed E-state index contributed by atoms with van der Waals surface area (Å²) in [5.41, 5.74) is 0. The topological polar surface area (TPSA) is 331 Å². The predicted octanol–water partition coefficient (Wildman–Crippen LogP) is -1.58. The molecule has 0 radical (unpaired) electrons. The molecule has 0 aliphatic heterocycles. The van der Waals surface area contributed by atoms with Gasteiger partial charge in [-0.25, -0.2) is 0 Å². The first kappa shape index (κ1) is 42.8. The van der Waals surface area contributed by atoms with Crippen molar-refractivity contribution in [3.05, 3.63) is 76.6 Å². The Bertz CT molecular complexity index is 213. The number of hydrogen-bond donors (Lipinski definition) is 0. The fraction of sp³-hybridized carbons (Fsp3) is 0. The van der Waals surface area contributed by atoms with E-state index in [9.17, 15) is 0 Å². The molecule has 0 aliphatic carbocycles. The number of hydrogen-bond acceptors (Lipinski definition) is 15. The van der Waals surface area contributed by atoms with Crippen LogP contribution < -0.4 is 0 Å². The molecule has 124 valence electrons. The van der Waals surface area contributed by atoms with Crippen LogP contribution in [0.15, 0.2) is 0 Å². The van der Waals surface area contributed by atoms with E-state index in [0.29, 0.717) is 0 Å². The molecule has 0 saturated heterocycles. The van der Waals surface area contributed by atoms with Crippen LogP contribution in [-0.2, 0) is 0 Å². The molecule has 0 aliphatic rings. The van der Waals surface area contributed by atoms with E-state index in [1.54, 1.807) is 0 Å². The molecule has 0 N–H and O–H groups in total. The van der Waals surface area contributed by atoms with Gasteiger partial charge in [0.1, 0.15) is 0 Å². The average Bonchev–Trinajstić information content (AvgIpc) is 1.94. The quantitative estimate of drug-likeness (QED) is 0.212. The van der Waals surface area contributed by atoms with Gasteiger partial charge in [0.15, 0.2) is 0 Å². The third-order valence-electron chi connectivity index (χ3n) is 0. The zero-order valence-electron chi connectivity index (χ0n) is 9.44. The predicted molar refractivity (Wildman–Crippen MR) is 57.6 cm³/mol. The Morgan fingerprint density at radius 1 is 0.364 bits per heavy atom. The van der Waals surface area contributed by atoms with E-state index in [-0.39, 0.29) is 72.4 Å². The fourth-order valence-electron chi connectivity index (χ4n) is 0. The molecule has 0 unspecified atom stereocenters. The summed E-state index contributed by atoms with van der Waals surface area (Å²) in [5, 5.41) is 73.8. The van der Waals surface area contributed by atoms with Crippen molar-refractivity contribution < 1.29 is 74.8 Å². The molecule has 0 bridgehead atoms. The zero-order chi connectivity index (χ0) is 17.9. The molecule has 0 saturated carbocycles. The summed E-state index contributed by atoms with van der Waals surface area (Å²) in [5.74, 6) is 0. The van der Waals surface area contributed by atoms with Crippen LogP contribution in [0.1, 0.15) is 0 Å². The Morgan fingerprint density at radius 3 is 0.364 bits per heavy atom. The van der Waals surface area contributed by atoms with E-state index in [0.717, 1.165) is 0 Å². The second-order valence-corrected chi connectivity index (χ2v) is 1.12. The van der Waals surface area contributed by atoms with Gasteiger partial charge in [-0.1, -0.05) is 0 Å². The molecule has 22 heteroatoms. The molecular weight excluding hydrogens is 486 g/mol. The molecule has 0 fully saturated rings. The van der Waals surface area contributed by atoms with Gasteiger partial charge < -0.3 is 76.6 Å². The van der Waals surface area contributed by atoms with Crippen molar-refractivity contribution >= 4 is 23.1 Å². The van der Waals surface area contributed by atoms with E-state index >= 15 is 0 Å². The Balaban J connectivity index is -0.0000000250. The molecule has 0 heterocycles. The second-order valence-electron chi connectivity index (χ2n) is 1.12. The van der Waals surface area contributed by atoms with Gasteiger partial charge in [-0.15, -0.1) is 0 Å². The summed E-state index contributed by atoms with van der Waals surface area (Å²) >= 11 is 0. The first-order chi connectivity index (χ1) is 8.66. The molecule has 0 aromatic carbocycles. The molecule has 0 aromatic rings. The van der Waals surface area contributed by atoms with Gasteiger partial charge in [0.05, 0.1) is 25.4 Å². The molecule has 20 nitrogen and oxygen atoms in total. The van der Waals surface area contributed by atoms with Crippen LogP contribution >= 0.6 is 0 Å². The minimum absolute atomic E-state index is 0. The standard InChI is InChI=1S/Eu.Mg.5NO3/c;;5*2-1(3)4/q+3;+2;5*-1. The van der Waals surface area contributed by atoms with Crippen molar-refractivity contribution in [3.63, 3.8) is 0 Å². The maximum Gasteiger partial charge on any atom is 3.00 e. The van der Waals surface area contributed by atoms with E-state index in [2.05, 4.69) is 0 Å². The Labute approximate surface area is 173 Å². The summed E-state index contributed by atoms with van der Waals surface area (Å²) in [6, 6.07) is 0. The first-order valence-corrected chi connectivity index (χ1v) is 2.74. The summed E-state index contributed by atoms with van der Waals surface area (Å²) in [7, 11) is 0. The second kappa shape index (κ2) is 36.6. The van der Waals surface area contributed by atoms with Crippen LogP contribution in [0, 0.1) is 126 Å². The van der Waals surface area contributed by atoms with Crippen LogP contribution in [0.4, 0.5) is 0 Å². The molecular formula is EuMgN5O15. The van der Waals surface area contributed by atoms with Gasteiger partial charge in [0.2, 0.25) is 0 Å². The summed E-state index contributed by atoms with van der Waals surface area (Å²) < 4.78 is 0. The van der Waals surface area contributed by atoms with Gasteiger partial charge in [-0.2, -0.15) is 0 Å². The van der Waals surface area contributed by atoms with Crippen LogP contribution in [0.3, 0.4) is 0 Å². The average molecular weight is 486 g/mol. The molecule has 0 aromatic heterocycles. The summed E-state index contributed by atoms with van der Waals surface area (Å²) in [6.45, 7) is 0. The largest absolute Gasteiger partial charge is 3.00 e. The van der Waals surface area contributed by atoms with Crippen molar-refractivity contribution in [1.82, 2.24) is 0 Å².